The van der Waals surface area contributed by atoms with E-state index in [2.05, 4.69) is 15.1 Å². The number of benzene rings is 1. The number of carbonyl (C=O) groups excluding carboxylic acids is 1. The normalized spacial score (nSPS) is 14.5. The zero-order chi connectivity index (χ0) is 21.9. The van der Waals surface area contributed by atoms with E-state index >= 15 is 0 Å². The fourth-order valence-electron chi connectivity index (χ4n) is 4.14. The SMILES string of the molecule is Cc1cc(-c2cnc(-c3cccnc3)nc2C2CCN(C(=O)c3ccccc3)CC2)on1. The Labute approximate surface area is 186 Å². The number of amides is 1. The molecule has 0 bridgehead atoms. The highest BCUT2D eigenvalue weighted by atomic mass is 16.5. The molecule has 0 aliphatic carbocycles. The number of aryl methyl sites for hydroxylation is 1. The Morgan fingerprint density at radius 3 is 2.56 bits per heavy atom. The minimum absolute atomic E-state index is 0.0777. The molecule has 0 unspecified atom stereocenters. The van der Waals surface area contributed by atoms with E-state index in [4.69, 9.17) is 9.51 Å². The molecule has 7 nitrogen and oxygen atoms in total. The highest BCUT2D eigenvalue weighted by Gasteiger charge is 2.28. The summed E-state index contributed by atoms with van der Waals surface area (Å²) in [5.74, 6) is 1.57. The second-order valence-electron chi connectivity index (χ2n) is 8.00. The topological polar surface area (TPSA) is 85.0 Å². The second-order valence-corrected chi connectivity index (χ2v) is 8.00. The first-order valence-electron chi connectivity index (χ1n) is 10.7. The average Bonchev–Trinajstić information content (AvgIpc) is 3.30. The van der Waals surface area contributed by atoms with Crippen LogP contribution in [0.2, 0.25) is 0 Å². The summed E-state index contributed by atoms with van der Waals surface area (Å²) in [6.07, 6.45) is 6.95. The Bertz CT molecular complexity index is 1220. The van der Waals surface area contributed by atoms with Crippen LogP contribution in [0.5, 0.6) is 0 Å². The summed E-state index contributed by atoms with van der Waals surface area (Å²) in [5.41, 5.74) is 4.19. The zero-order valence-electron chi connectivity index (χ0n) is 17.8. The number of hydrogen-bond acceptors (Lipinski definition) is 6. The Kier molecular flexibility index (Phi) is 5.46. The number of carbonyl (C=O) groups is 1. The summed E-state index contributed by atoms with van der Waals surface area (Å²) in [6.45, 7) is 3.25. The predicted molar refractivity (Wildman–Crippen MR) is 120 cm³/mol. The predicted octanol–water partition coefficient (Wildman–Crippen LogP) is 4.52. The molecule has 32 heavy (non-hydrogen) atoms. The number of pyridine rings is 1. The van der Waals surface area contributed by atoms with Gasteiger partial charge in [-0.05, 0) is 44.0 Å². The fourth-order valence-corrected chi connectivity index (χ4v) is 4.14. The van der Waals surface area contributed by atoms with Crippen molar-refractivity contribution < 1.29 is 9.32 Å². The third kappa shape index (κ3) is 4.01. The number of piperidine rings is 1. The van der Waals surface area contributed by atoms with Crippen LogP contribution in [0.3, 0.4) is 0 Å². The van der Waals surface area contributed by atoms with Crippen molar-refractivity contribution in [2.24, 2.45) is 0 Å². The van der Waals surface area contributed by atoms with Crippen molar-refractivity contribution in [2.45, 2.75) is 25.7 Å². The lowest BCUT2D eigenvalue weighted by atomic mass is 9.89. The molecule has 3 aromatic heterocycles. The van der Waals surface area contributed by atoms with Gasteiger partial charge in [-0.15, -0.1) is 0 Å². The molecule has 1 fully saturated rings. The summed E-state index contributed by atoms with van der Waals surface area (Å²) in [4.78, 5) is 28.5. The Morgan fingerprint density at radius 1 is 1.06 bits per heavy atom. The van der Waals surface area contributed by atoms with Gasteiger partial charge in [0.25, 0.3) is 5.91 Å². The van der Waals surface area contributed by atoms with Crippen molar-refractivity contribution in [3.63, 3.8) is 0 Å². The minimum atomic E-state index is 0.0777. The lowest BCUT2D eigenvalue weighted by molar-refractivity contribution is 0.0712. The summed E-state index contributed by atoms with van der Waals surface area (Å²) in [6, 6.07) is 15.2. The van der Waals surface area contributed by atoms with Gasteiger partial charge in [-0.1, -0.05) is 23.4 Å². The third-order valence-electron chi connectivity index (χ3n) is 5.82. The van der Waals surface area contributed by atoms with Gasteiger partial charge in [0.05, 0.1) is 17.0 Å². The van der Waals surface area contributed by atoms with Crippen molar-refractivity contribution in [1.82, 2.24) is 25.0 Å². The summed E-state index contributed by atoms with van der Waals surface area (Å²) in [5, 5.41) is 4.04. The van der Waals surface area contributed by atoms with Gasteiger partial charge in [0.2, 0.25) is 0 Å². The van der Waals surface area contributed by atoms with Crippen LogP contribution >= 0.6 is 0 Å². The molecule has 4 heterocycles. The highest BCUT2D eigenvalue weighted by Crippen LogP contribution is 2.35. The molecule has 1 aromatic carbocycles. The van der Waals surface area contributed by atoms with Crippen molar-refractivity contribution in [3.05, 3.63) is 84.1 Å². The van der Waals surface area contributed by atoms with Crippen molar-refractivity contribution >= 4 is 5.91 Å². The van der Waals surface area contributed by atoms with Gasteiger partial charge in [-0.2, -0.15) is 0 Å². The molecule has 0 atom stereocenters. The van der Waals surface area contributed by atoms with Gasteiger partial charge in [0, 0.05) is 54.8 Å². The standard InChI is InChI=1S/C25H23N5O2/c1-17-14-22(32-29-17)21-16-27-24(20-8-5-11-26-15-20)28-23(21)18-9-12-30(13-10-18)25(31)19-6-3-2-4-7-19/h2-8,11,14-16,18H,9-10,12-13H2,1H3. The fraction of sp³-hybridized carbons (Fsp3) is 0.240. The maximum Gasteiger partial charge on any atom is 0.253 e. The van der Waals surface area contributed by atoms with Crippen LogP contribution in [-0.4, -0.2) is 44.0 Å². The van der Waals surface area contributed by atoms with E-state index in [1.165, 1.54) is 0 Å². The van der Waals surface area contributed by atoms with Crippen LogP contribution in [0.4, 0.5) is 0 Å². The molecule has 1 saturated heterocycles. The lowest BCUT2D eigenvalue weighted by Gasteiger charge is -2.32. The van der Waals surface area contributed by atoms with E-state index in [0.29, 0.717) is 24.7 Å². The number of nitrogens with zero attached hydrogens (tertiary/aromatic N) is 5. The van der Waals surface area contributed by atoms with Crippen LogP contribution in [0.25, 0.3) is 22.7 Å². The first kappa shape index (κ1) is 20.1. The van der Waals surface area contributed by atoms with Crippen molar-refractivity contribution in [1.29, 1.82) is 0 Å². The van der Waals surface area contributed by atoms with Gasteiger partial charge in [-0.25, -0.2) is 9.97 Å². The maximum absolute atomic E-state index is 12.8. The second kappa shape index (κ2) is 8.70. The van der Waals surface area contributed by atoms with Gasteiger partial charge in [-0.3, -0.25) is 9.78 Å². The third-order valence-corrected chi connectivity index (χ3v) is 5.82. The molecule has 1 aliphatic rings. The van der Waals surface area contributed by atoms with E-state index in [1.54, 1.807) is 12.4 Å². The Morgan fingerprint density at radius 2 is 1.88 bits per heavy atom. The number of rotatable bonds is 4. The number of aromatic nitrogens is 4. The first-order chi connectivity index (χ1) is 15.7. The quantitative estimate of drug-likeness (QED) is 0.478. The smallest absolute Gasteiger partial charge is 0.253 e. The molecule has 0 N–H and O–H groups in total. The monoisotopic (exact) mass is 425 g/mol. The summed E-state index contributed by atoms with van der Waals surface area (Å²) < 4.78 is 5.54. The minimum Gasteiger partial charge on any atom is -0.356 e. The van der Waals surface area contributed by atoms with Gasteiger partial charge < -0.3 is 9.42 Å². The van der Waals surface area contributed by atoms with Crippen LogP contribution in [0.1, 0.15) is 40.5 Å². The van der Waals surface area contributed by atoms with Crippen LogP contribution in [0, 0.1) is 6.92 Å². The van der Waals surface area contributed by atoms with E-state index in [-0.39, 0.29) is 11.8 Å². The molecule has 0 spiro atoms. The Balaban J connectivity index is 1.43. The van der Waals surface area contributed by atoms with Gasteiger partial charge >= 0.3 is 0 Å². The molecular formula is C25H23N5O2. The van der Waals surface area contributed by atoms with Crippen LogP contribution < -0.4 is 0 Å². The van der Waals surface area contributed by atoms with E-state index in [1.807, 2.05) is 66.6 Å². The van der Waals surface area contributed by atoms with Gasteiger partial charge in [0.15, 0.2) is 11.6 Å². The molecule has 1 amide bonds. The highest BCUT2D eigenvalue weighted by molar-refractivity contribution is 5.94. The van der Waals surface area contributed by atoms with E-state index < -0.39 is 0 Å². The zero-order valence-corrected chi connectivity index (χ0v) is 17.8. The van der Waals surface area contributed by atoms with Gasteiger partial charge in [0.1, 0.15) is 0 Å². The van der Waals surface area contributed by atoms with Crippen molar-refractivity contribution in [3.8, 4) is 22.7 Å². The molecule has 5 rings (SSSR count). The molecule has 4 aromatic rings. The number of hydrogen-bond donors (Lipinski definition) is 0. The molecule has 160 valence electrons. The van der Waals surface area contributed by atoms with Crippen molar-refractivity contribution in [2.75, 3.05) is 13.1 Å². The molecule has 7 heteroatoms. The molecular weight excluding hydrogens is 402 g/mol. The summed E-state index contributed by atoms with van der Waals surface area (Å²) in [7, 11) is 0. The molecule has 0 saturated carbocycles. The lowest BCUT2D eigenvalue weighted by Crippen LogP contribution is -2.38. The largest absolute Gasteiger partial charge is 0.356 e. The Hall–Kier alpha value is -3.87. The molecule has 0 radical (unpaired) electrons. The van der Waals surface area contributed by atoms with Crippen LogP contribution in [0.15, 0.2) is 71.6 Å². The first-order valence-corrected chi connectivity index (χ1v) is 10.7. The van der Waals surface area contributed by atoms with E-state index in [0.717, 1.165) is 40.9 Å². The summed E-state index contributed by atoms with van der Waals surface area (Å²) >= 11 is 0. The average molecular weight is 425 g/mol. The number of likely N-dealkylation sites (tertiary alicyclic amines) is 1. The van der Waals surface area contributed by atoms with E-state index in [9.17, 15) is 4.79 Å². The molecule has 1 aliphatic heterocycles. The van der Waals surface area contributed by atoms with Crippen LogP contribution in [-0.2, 0) is 0 Å². The maximum atomic E-state index is 12.8.